The molecule has 0 spiro atoms. The van der Waals surface area contributed by atoms with Gasteiger partial charge >= 0.3 is 0 Å². The number of hydrogen-bond acceptors (Lipinski definition) is 3. The molecule has 0 bridgehead atoms. The molecule has 1 saturated carbocycles. The van der Waals surface area contributed by atoms with Crippen LogP contribution in [0.4, 0.5) is 0 Å². The molecule has 1 aliphatic carbocycles. The second-order valence-corrected chi connectivity index (χ2v) is 6.79. The third-order valence-electron chi connectivity index (χ3n) is 4.13. The van der Waals surface area contributed by atoms with Gasteiger partial charge in [0.25, 0.3) is 0 Å². The molecule has 2 aromatic rings. The third kappa shape index (κ3) is 3.50. The molecule has 3 nitrogen and oxygen atoms in total. The number of aromatic nitrogens is 1. The summed E-state index contributed by atoms with van der Waals surface area (Å²) in [6, 6.07) is 8.35. The van der Waals surface area contributed by atoms with Crippen molar-refractivity contribution in [2.45, 2.75) is 38.6 Å². The van der Waals surface area contributed by atoms with E-state index in [4.69, 9.17) is 0 Å². The smallest absolute Gasteiger partial charge is 0.244 e. The van der Waals surface area contributed by atoms with Crippen LogP contribution < -0.4 is 5.32 Å². The first kappa shape index (κ1) is 14.3. The zero-order chi connectivity index (χ0) is 14.7. The maximum Gasteiger partial charge on any atom is 0.244 e. The highest BCUT2D eigenvalue weighted by atomic mass is 32.1. The van der Waals surface area contributed by atoms with Crippen molar-refractivity contribution >= 4 is 33.5 Å². The Morgan fingerprint density at radius 3 is 2.95 bits per heavy atom. The first-order chi connectivity index (χ1) is 10.2. The first-order valence-corrected chi connectivity index (χ1v) is 8.38. The van der Waals surface area contributed by atoms with Crippen molar-refractivity contribution in [2.75, 3.05) is 0 Å². The topological polar surface area (TPSA) is 42.0 Å². The number of carbonyl (C=O) groups is 1. The Hall–Kier alpha value is -1.68. The van der Waals surface area contributed by atoms with Crippen LogP contribution in [0.2, 0.25) is 0 Å². The predicted molar refractivity (Wildman–Crippen MR) is 88.2 cm³/mol. The second kappa shape index (κ2) is 6.39. The number of thiazole rings is 1. The summed E-state index contributed by atoms with van der Waals surface area (Å²) < 4.78 is 1.15. The molecule has 1 amide bonds. The molecule has 1 aliphatic rings. The Kier molecular flexibility index (Phi) is 4.34. The average molecular weight is 300 g/mol. The summed E-state index contributed by atoms with van der Waals surface area (Å²) in [6.07, 6.45) is 8.24. The molecule has 1 aromatic heterocycles. The average Bonchev–Trinajstić information content (AvgIpc) is 2.90. The van der Waals surface area contributed by atoms with Crippen molar-refractivity contribution < 1.29 is 4.79 Å². The maximum absolute atomic E-state index is 12.0. The normalized spacial score (nSPS) is 22.7. The first-order valence-electron chi connectivity index (χ1n) is 7.56. The van der Waals surface area contributed by atoms with Crippen LogP contribution in [0.3, 0.4) is 0 Å². The summed E-state index contributed by atoms with van der Waals surface area (Å²) in [6.45, 7) is 2.22. The summed E-state index contributed by atoms with van der Waals surface area (Å²) in [4.78, 5) is 16.5. The zero-order valence-electron chi connectivity index (χ0n) is 12.2. The molecule has 0 saturated heterocycles. The van der Waals surface area contributed by atoms with E-state index in [1.165, 1.54) is 19.3 Å². The molecular weight excluding hydrogens is 280 g/mol. The Bertz CT molecular complexity index is 629. The number of hydrogen-bond donors (Lipinski definition) is 1. The van der Waals surface area contributed by atoms with Crippen molar-refractivity contribution in [3.8, 4) is 0 Å². The highest BCUT2D eigenvalue weighted by Gasteiger charge is 2.21. The molecule has 4 heteroatoms. The predicted octanol–water partition coefficient (Wildman–Crippen LogP) is 4.00. The summed E-state index contributed by atoms with van der Waals surface area (Å²) in [5, 5.41) is 4.00. The molecule has 0 radical (unpaired) electrons. The Morgan fingerprint density at radius 1 is 1.33 bits per heavy atom. The van der Waals surface area contributed by atoms with Crippen LogP contribution in [-0.4, -0.2) is 16.9 Å². The number of rotatable bonds is 3. The van der Waals surface area contributed by atoms with Gasteiger partial charge in [-0.15, -0.1) is 11.3 Å². The maximum atomic E-state index is 12.0. The van der Waals surface area contributed by atoms with Gasteiger partial charge in [0.05, 0.1) is 10.2 Å². The van der Waals surface area contributed by atoms with Crippen LogP contribution in [0.25, 0.3) is 16.3 Å². The van der Waals surface area contributed by atoms with E-state index in [2.05, 4.69) is 17.2 Å². The third-order valence-corrected chi connectivity index (χ3v) is 5.13. The second-order valence-electron chi connectivity index (χ2n) is 5.73. The summed E-state index contributed by atoms with van der Waals surface area (Å²) in [7, 11) is 0. The molecule has 3 rings (SSSR count). The van der Waals surface area contributed by atoms with Gasteiger partial charge in [-0.05, 0) is 37.0 Å². The highest BCUT2D eigenvalue weighted by Crippen LogP contribution is 2.24. The molecule has 0 aliphatic heterocycles. The Balaban J connectivity index is 1.63. The lowest BCUT2D eigenvalue weighted by Crippen LogP contribution is -2.40. The van der Waals surface area contributed by atoms with Gasteiger partial charge in [-0.2, -0.15) is 0 Å². The van der Waals surface area contributed by atoms with Gasteiger partial charge in [0.15, 0.2) is 0 Å². The minimum atomic E-state index is -0.00648. The van der Waals surface area contributed by atoms with Crippen molar-refractivity contribution in [3.63, 3.8) is 0 Å². The lowest BCUT2D eigenvalue weighted by Gasteiger charge is -2.29. The lowest BCUT2D eigenvalue weighted by atomic mass is 9.86. The highest BCUT2D eigenvalue weighted by molar-refractivity contribution is 7.19. The van der Waals surface area contributed by atoms with E-state index in [1.54, 1.807) is 17.4 Å². The van der Waals surface area contributed by atoms with Gasteiger partial charge < -0.3 is 5.32 Å². The van der Waals surface area contributed by atoms with E-state index in [-0.39, 0.29) is 5.91 Å². The van der Waals surface area contributed by atoms with Crippen LogP contribution in [-0.2, 0) is 4.79 Å². The summed E-state index contributed by atoms with van der Waals surface area (Å²) in [5.41, 5.74) is 0.989. The van der Waals surface area contributed by atoms with E-state index < -0.39 is 0 Å². The van der Waals surface area contributed by atoms with Crippen molar-refractivity contribution in [1.82, 2.24) is 10.3 Å². The lowest BCUT2D eigenvalue weighted by molar-refractivity contribution is -0.117. The molecule has 1 N–H and O–H groups in total. The van der Waals surface area contributed by atoms with Gasteiger partial charge in [-0.3, -0.25) is 4.79 Å². The molecule has 21 heavy (non-hydrogen) atoms. The number of para-hydroxylation sites is 1. The quantitative estimate of drug-likeness (QED) is 0.870. The number of nitrogens with one attached hydrogen (secondary N) is 1. The fraction of sp³-hybridized carbons (Fsp3) is 0.412. The molecular formula is C17H20N2OS. The van der Waals surface area contributed by atoms with Crippen LogP contribution in [0.15, 0.2) is 30.3 Å². The van der Waals surface area contributed by atoms with Gasteiger partial charge in [0.2, 0.25) is 5.91 Å². The monoisotopic (exact) mass is 300 g/mol. The number of benzene rings is 1. The van der Waals surface area contributed by atoms with Crippen molar-refractivity contribution in [2.24, 2.45) is 5.92 Å². The van der Waals surface area contributed by atoms with E-state index in [0.717, 1.165) is 21.6 Å². The SMILES string of the molecule is C[C@@H]1CCCC[C@H]1NC(=O)/C=C/c1nc2ccccc2s1. The van der Waals surface area contributed by atoms with Gasteiger partial charge in [-0.25, -0.2) is 4.98 Å². The zero-order valence-corrected chi connectivity index (χ0v) is 13.0. The fourth-order valence-corrected chi connectivity index (χ4v) is 3.74. The van der Waals surface area contributed by atoms with Crippen LogP contribution in [0.5, 0.6) is 0 Å². The fourth-order valence-electron chi connectivity index (χ4n) is 2.87. The summed E-state index contributed by atoms with van der Waals surface area (Å²) >= 11 is 1.61. The van der Waals surface area contributed by atoms with E-state index >= 15 is 0 Å². The molecule has 0 unspecified atom stereocenters. The number of amides is 1. The van der Waals surface area contributed by atoms with E-state index in [9.17, 15) is 4.79 Å². The van der Waals surface area contributed by atoms with Gasteiger partial charge in [-0.1, -0.05) is 31.9 Å². The number of carbonyl (C=O) groups excluding carboxylic acids is 1. The Labute approximate surface area is 129 Å². The minimum absolute atomic E-state index is 0.00648. The standard InChI is InChI=1S/C17H20N2OS/c1-12-6-2-3-7-13(12)18-16(20)10-11-17-19-14-8-4-5-9-15(14)21-17/h4-5,8-13H,2-3,6-7H2,1H3,(H,18,20)/b11-10+/t12-,13-/m1/s1. The van der Waals surface area contributed by atoms with Crippen LogP contribution >= 0.6 is 11.3 Å². The number of nitrogens with zero attached hydrogens (tertiary/aromatic N) is 1. The molecule has 1 heterocycles. The van der Waals surface area contributed by atoms with Crippen LogP contribution in [0, 0.1) is 5.92 Å². The largest absolute Gasteiger partial charge is 0.350 e. The van der Waals surface area contributed by atoms with E-state index in [0.29, 0.717) is 12.0 Å². The Morgan fingerprint density at radius 2 is 2.14 bits per heavy atom. The summed E-state index contributed by atoms with van der Waals surface area (Å²) in [5.74, 6) is 0.576. The molecule has 2 atom stereocenters. The minimum Gasteiger partial charge on any atom is -0.350 e. The molecule has 1 aromatic carbocycles. The number of fused-ring (bicyclic) bond motifs is 1. The molecule has 110 valence electrons. The van der Waals surface area contributed by atoms with Gasteiger partial charge in [0.1, 0.15) is 5.01 Å². The molecule has 1 fully saturated rings. The van der Waals surface area contributed by atoms with Crippen molar-refractivity contribution in [1.29, 1.82) is 0 Å². The van der Waals surface area contributed by atoms with E-state index in [1.807, 2.05) is 30.3 Å². The van der Waals surface area contributed by atoms with Gasteiger partial charge in [0, 0.05) is 12.1 Å². The van der Waals surface area contributed by atoms with Crippen molar-refractivity contribution in [3.05, 3.63) is 35.3 Å². The van der Waals surface area contributed by atoms with Crippen LogP contribution in [0.1, 0.15) is 37.6 Å².